The number of urea groups is 1. The molecule has 3 amide bonds. The fourth-order valence-electron chi connectivity index (χ4n) is 1.65. The van der Waals surface area contributed by atoms with Crippen LogP contribution in [-0.2, 0) is 4.79 Å². The molecule has 23 heavy (non-hydrogen) atoms. The van der Waals surface area contributed by atoms with Crippen LogP contribution in [0.4, 0.5) is 23.7 Å². The number of carbonyl (C=O) groups excluding carboxylic acids is 2. The molecule has 0 atom stereocenters. The number of alkyl halides is 3. The number of rotatable bonds is 6. The predicted molar refractivity (Wildman–Crippen MR) is 78.4 cm³/mol. The smallest absolute Gasteiger partial charge is 0.422 e. The summed E-state index contributed by atoms with van der Waals surface area (Å²) in [6.45, 7) is 1.99. The van der Waals surface area contributed by atoms with Crippen LogP contribution in [0, 0.1) is 6.92 Å². The van der Waals surface area contributed by atoms with Crippen LogP contribution in [0.2, 0.25) is 0 Å². The van der Waals surface area contributed by atoms with Crippen LogP contribution in [0.15, 0.2) is 18.2 Å². The molecule has 1 rings (SSSR count). The average Bonchev–Trinajstić information content (AvgIpc) is 2.43. The normalized spacial score (nSPS) is 10.8. The van der Waals surface area contributed by atoms with E-state index in [1.54, 1.807) is 13.0 Å². The maximum absolute atomic E-state index is 12.2. The number of amides is 3. The number of benzene rings is 1. The molecule has 0 saturated carbocycles. The monoisotopic (exact) mass is 333 g/mol. The van der Waals surface area contributed by atoms with Gasteiger partial charge < -0.3 is 20.7 Å². The predicted octanol–water partition coefficient (Wildman–Crippen LogP) is 2.19. The summed E-state index contributed by atoms with van der Waals surface area (Å²) < 4.78 is 41.2. The Labute approximate surface area is 131 Å². The maximum Gasteiger partial charge on any atom is 0.422 e. The Morgan fingerprint density at radius 1 is 1.17 bits per heavy atom. The van der Waals surface area contributed by atoms with Gasteiger partial charge in [-0.2, -0.15) is 13.2 Å². The zero-order valence-corrected chi connectivity index (χ0v) is 12.7. The highest BCUT2D eigenvalue weighted by Gasteiger charge is 2.28. The summed E-state index contributed by atoms with van der Waals surface area (Å²) in [7, 11) is 0. The molecular weight excluding hydrogens is 315 g/mol. The second-order valence-corrected chi connectivity index (χ2v) is 4.70. The molecule has 0 aliphatic carbocycles. The van der Waals surface area contributed by atoms with Gasteiger partial charge in [-0.15, -0.1) is 0 Å². The Morgan fingerprint density at radius 2 is 1.83 bits per heavy atom. The standard InChI is InChI=1S/C14H18F3N3O3/c1-9-11(20-13(22)19-7-6-18-10(2)21)4-3-5-12(9)23-8-14(15,16)17/h3-5H,6-8H2,1-2H3,(H,18,21)(H2,19,20,22). The first kappa shape index (κ1) is 18.6. The zero-order valence-electron chi connectivity index (χ0n) is 12.7. The molecule has 0 fully saturated rings. The van der Waals surface area contributed by atoms with Crippen LogP contribution in [0.1, 0.15) is 12.5 Å². The van der Waals surface area contributed by atoms with Crippen molar-refractivity contribution in [1.82, 2.24) is 10.6 Å². The molecule has 9 heteroatoms. The number of hydrogen-bond acceptors (Lipinski definition) is 3. The van der Waals surface area contributed by atoms with Crippen molar-refractivity contribution in [3.63, 3.8) is 0 Å². The van der Waals surface area contributed by atoms with Gasteiger partial charge in [-0.05, 0) is 19.1 Å². The first-order chi connectivity index (χ1) is 10.7. The van der Waals surface area contributed by atoms with Crippen molar-refractivity contribution in [1.29, 1.82) is 0 Å². The molecule has 128 valence electrons. The third-order valence-electron chi connectivity index (χ3n) is 2.71. The van der Waals surface area contributed by atoms with E-state index in [1.807, 2.05) is 0 Å². The highest BCUT2D eigenvalue weighted by molar-refractivity contribution is 5.90. The molecule has 0 aromatic heterocycles. The van der Waals surface area contributed by atoms with Gasteiger partial charge in [-0.1, -0.05) is 6.07 Å². The van der Waals surface area contributed by atoms with Crippen LogP contribution < -0.4 is 20.7 Å². The Hall–Kier alpha value is -2.45. The van der Waals surface area contributed by atoms with E-state index in [0.717, 1.165) is 0 Å². The van der Waals surface area contributed by atoms with Crippen molar-refractivity contribution in [2.24, 2.45) is 0 Å². The number of carbonyl (C=O) groups is 2. The first-order valence-corrected chi connectivity index (χ1v) is 6.77. The van der Waals surface area contributed by atoms with Gasteiger partial charge in [0.15, 0.2) is 6.61 Å². The summed E-state index contributed by atoms with van der Waals surface area (Å²) in [6, 6.07) is 3.88. The van der Waals surface area contributed by atoms with Crippen molar-refractivity contribution < 1.29 is 27.5 Å². The van der Waals surface area contributed by atoms with Crippen molar-refractivity contribution in [3.05, 3.63) is 23.8 Å². The maximum atomic E-state index is 12.2. The van der Waals surface area contributed by atoms with E-state index in [4.69, 9.17) is 4.74 Å². The van der Waals surface area contributed by atoms with Gasteiger partial charge in [0.2, 0.25) is 5.91 Å². The van der Waals surface area contributed by atoms with E-state index in [1.165, 1.54) is 19.1 Å². The fraction of sp³-hybridized carbons (Fsp3) is 0.429. The van der Waals surface area contributed by atoms with Crippen LogP contribution in [0.5, 0.6) is 5.75 Å². The van der Waals surface area contributed by atoms with Gasteiger partial charge in [0.25, 0.3) is 0 Å². The molecular formula is C14H18F3N3O3. The third kappa shape index (κ3) is 7.39. The lowest BCUT2D eigenvalue weighted by atomic mass is 10.2. The Morgan fingerprint density at radius 3 is 2.43 bits per heavy atom. The number of halogens is 3. The minimum absolute atomic E-state index is 0.0402. The third-order valence-corrected chi connectivity index (χ3v) is 2.71. The lowest BCUT2D eigenvalue weighted by Gasteiger charge is -2.15. The van der Waals surface area contributed by atoms with Crippen molar-refractivity contribution in [2.45, 2.75) is 20.0 Å². The van der Waals surface area contributed by atoms with Gasteiger partial charge in [-0.3, -0.25) is 4.79 Å². The molecule has 0 heterocycles. The second kappa shape index (κ2) is 8.25. The summed E-state index contributed by atoms with van der Waals surface area (Å²) in [5.74, 6) is -0.170. The fourth-order valence-corrected chi connectivity index (χ4v) is 1.65. The van der Waals surface area contributed by atoms with Crippen molar-refractivity contribution in [2.75, 3.05) is 25.0 Å². The molecule has 0 spiro atoms. The summed E-state index contributed by atoms with van der Waals surface area (Å²) in [6.07, 6.45) is -4.43. The summed E-state index contributed by atoms with van der Waals surface area (Å²) in [4.78, 5) is 22.3. The molecule has 6 nitrogen and oxygen atoms in total. The largest absolute Gasteiger partial charge is 0.484 e. The van der Waals surface area contributed by atoms with E-state index in [9.17, 15) is 22.8 Å². The van der Waals surface area contributed by atoms with Gasteiger partial charge in [-0.25, -0.2) is 4.79 Å². The zero-order chi connectivity index (χ0) is 17.5. The molecule has 1 aromatic rings. The molecule has 1 aromatic carbocycles. The highest BCUT2D eigenvalue weighted by Crippen LogP contribution is 2.27. The summed E-state index contributed by atoms with van der Waals surface area (Å²) in [5.41, 5.74) is 0.718. The second-order valence-electron chi connectivity index (χ2n) is 4.70. The topological polar surface area (TPSA) is 79.5 Å². The van der Waals surface area contributed by atoms with Crippen molar-refractivity contribution >= 4 is 17.6 Å². The van der Waals surface area contributed by atoms with E-state index >= 15 is 0 Å². The summed E-state index contributed by atoms with van der Waals surface area (Å²) in [5, 5.41) is 7.52. The quantitative estimate of drug-likeness (QED) is 0.698. The molecule has 0 aliphatic heterocycles. The molecule has 0 aliphatic rings. The Kier molecular flexibility index (Phi) is 6.67. The number of anilines is 1. The van der Waals surface area contributed by atoms with Crippen LogP contribution in [0.25, 0.3) is 0 Å². The summed E-state index contributed by atoms with van der Waals surface area (Å²) >= 11 is 0. The number of hydrogen-bond donors (Lipinski definition) is 3. The molecule has 0 radical (unpaired) electrons. The average molecular weight is 333 g/mol. The Bertz CT molecular complexity index is 562. The molecule has 0 unspecified atom stereocenters. The molecule has 0 saturated heterocycles. The van der Waals surface area contributed by atoms with Crippen molar-refractivity contribution in [3.8, 4) is 5.75 Å². The van der Waals surface area contributed by atoms with E-state index in [-0.39, 0.29) is 24.7 Å². The highest BCUT2D eigenvalue weighted by atomic mass is 19.4. The Balaban J connectivity index is 2.56. The van der Waals surface area contributed by atoms with E-state index in [0.29, 0.717) is 11.3 Å². The van der Waals surface area contributed by atoms with Crippen LogP contribution >= 0.6 is 0 Å². The van der Waals surface area contributed by atoms with E-state index in [2.05, 4.69) is 16.0 Å². The SMILES string of the molecule is CC(=O)NCCNC(=O)Nc1cccc(OCC(F)(F)F)c1C. The number of ether oxygens (including phenoxy) is 1. The van der Waals surface area contributed by atoms with Gasteiger partial charge in [0.1, 0.15) is 5.75 Å². The molecule has 3 N–H and O–H groups in total. The van der Waals surface area contributed by atoms with Gasteiger partial charge in [0, 0.05) is 31.3 Å². The minimum atomic E-state index is -4.43. The lowest BCUT2D eigenvalue weighted by Crippen LogP contribution is -2.36. The minimum Gasteiger partial charge on any atom is -0.484 e. The van der Waals surface area contributed by atoms with Crippen LogP contribution in [-0.4, -0.2) is 37.8 Å². The molecule has 0 bridgehead atoms. The first-order valence-electron chi connectivity index (χ1n) is 6.77. The van der Waals surface area contributed by atoms with E-state index < -0.39 is 18.8 Å². The number of nitrogens with one attached hydrogen (secondary N) is 3. The lowest BCUT2D eigenvalue weighted by molar-refractivity contribution is -0.153. The van der Waals surface area contributed by atoms with Gasteiger partial charge in [0.05, 0.1) is 0 Å². The van der Waals surface area contributed by atoms with Gasteiger partial charge >= 0.3 is 12.2 Å². The van der Waals surface area contributed by atoms with Crippen LogP contribution in [0.3, 0.4) is 0 Å².